The number of ether oxygens (including phenoxy) is 1. The molecule has 4 rings (SSSR count). The molecule has 3 aromatic rings. The summed E-state index contributed by atoms with van der Waals surface area (Å²) < 4.78 is 38.6. The number of sulfonamides is 1. The third-order valence-corrected chi connectivity index (χ3v) is 6.98. The van der Waals surface area contributed by atoms with Crippen molar-refractivity contribution in [2.45, 2.75) is 11.8 Å². The van der Waals surface area contributed by atoms with Crippen molar-refractivity contribution in [2.75, 3.05) is 38.2 Å². The van der Waals surface area contributed by atoms with Gasteiger partial charge in [0.1, 0.15) is 5.75 Å². The Morgan fingerprint density at radius 2 is 1.69 bits per heavy atom. The van der Waals surface area contributed by atoms with E-state index in [1.165, 1.54) is 4.31 Å². The number of hydrogen-bond donors (Lipinski definition) is 0. The number of aryl methyl sites for hydroxylation is 1. The van der Waals surface area contributed by atoms with Crippen LogP contribution in [0.4, 0.5) is 5.69 Å². The van der Waals surface area contributed by atoms with Crippen LogP contribution in [0.1, 0.15) is 5.89 Å². The van der Waals surface area contributed by atoms with Gasteiger partial charge >= 0.3 is 0 Å². The van der Waals surface area contributed by atoms with Crippen molar-refractivity contribution in [1.82, 2.24) is 9.29 Å². The summed E-state index contributed by atoms with van der Waals surface area (Å²) in [4.78, 5) is 6.51. The molecule has 0 spiro atoms. The molecule has 8 heteroatoms. The van der Waals surface area contributed by atoms with Gasteiger partial charge in [-0.2, -0.15) is 4.31 Å². The summed E-state index contributed by atoms with van der Waals surface area (Å²) in [5, 5.41) is 0. The molecule has 0 N–H and O–H groups in total. The molecule has 152 valence electrons. The second kappa shape index (κ2) is 7.88. The standard InChI is InChI=1S/C21H23N3O4S/c1-16-22-15-21(28-16)17-7-9-18(10-8-17)29(25,26)24-13-11-23(12-14-24)19-5-3-4-6-20(19)27-2/h3-10,15H,11-14H2,1-2H3. The highest BCUT2D eigenvalue weighted by Gasteiger charge is 2.29. The normalized spacial score (nSPS) is 15.4. The molecule has 0 aliphatic carbocycles. The van der Waals surface area contributed by atoms with Crippen LogP contribution < -0.4 is 9.64 Å². The second-order valence-corrected chi connectivity index (χ2v) is 8.77. The van der Waals surface area contributed by atoms with Crippen LogP contribution in [0, 0.1) is 6.92 Å². The highest BCUT2D eigenvalue weighted by molar-refractivity contribution is 7.89. The molecule has 1 saturated heterocycles. The molecule has 0 radical (unpaired) electrons. The minimum Gasteiger partial charge on any atom is -0.495 e. The molecule has 1 fully saturated rings. The Balaban J connectivity index is 1.47. The maximum absolute atomic E-state index is 13.1. The number of nitrogens with zero attached hydrogens (tertiary/aromatic N) is 3. The van der Waals surface area contributed by atoms with Crippen LogP contribution >= 0.6 is 0 Å². The molecule has 0 saturated carbocycles. The summed E-state index contributed by atoms with van der Waals surface area (Å²) in [6.45, 7) is 3.82. The van der Waals surface area contributed by atoms with Crippen molar-refractivity contribution in [2.24, 2.45) is 0 Å². The summed E-state index contributed by atoms with van der Waals surface area (Å²) in [5.41, 5.74) is 1.78. The predicted molar refractivity (Wildman–Crippen MR) is 111 cm³/mol. The zero-order valence-corrected chi connectivity index (χ0v) is 17.2. The number of rotatable bonds is 5. The maximum atomic E-state index is 13.1. The van der Waals surface area contributed by atoms with Gasteiger partial charge in [0.2, 0.25) is 10.0 Å². The van der Waals surface area contributed by atoms with E-state index in [4.69, 9.17) is 9.15 Å². The van der Waals surface area contributed by atoms with Gasteiger partial charge in [0.15, 0.2) is 11.7 Å². The number of para-hydroxylation sites is 2. The molecule has 1 aromatic heterocycles. The zero-order valence-electron chi connectivity index (χ0n) is 16.4. The lowest BCUT2D eigenvalue weighted by Gasteiger charge is -2.35. The highest BCUT2D eigenvalue weighted by atomic mass is 32.2. The smallest absolute Gasteiger partial charge is 0.243 e. The van der Waals surface area contributed by atoms with E-state index in [2.05, 4.69) is 9.88 Å². The lowest BCUT2D eigenvalue weighted by Crippen LogP contribution is -2.48. The Kier molecular flexibility index (Phi) is 5.29. The first kappa shape index (κ1) is 19.5. The van der Waals surface area contributed by atoms with E-state index >= 15 is 0 Å². The van der Waals surface area contributed by atoms with Crippen LogP contribution in [0.2, 0.25) is 0 Å². The number of aromatic nitrogens is 1. The molecule has 0 amide bonds. The third kappa shape index (κ3) is 3.86. The Bertz CT molecular complexity index is 1090. The Morgan fingerprint density at radius 3 is 2.31 bits per heavy atom. The topological polar surface area (TPSA) is 75.9 Å². The van der Waals surface area contributed by atoms with Crippen LogP contribution in [0.5, 0.6) is 5.75 Å². The van der Waals surface area contributed by atoms with Crippen LogP contribution in [-0.2, 0) is 10.0 Å². The molecule has 2 heterocycles. The number of benzene rings is 2. The lowest BCUT2D eigenvalue weighted by molar-refractivity contribution is 0.378. The van der Waals surface area contributed by atoms with E-state index in [1.807, 2.05) is 24.3 Å². The van der Waals surface area contributed by atoms with Crippen LogP contribution in [0.25, 0.3) is 11.3 Å². The Hall–Kier alpha value is -2.84. The molecule has 29 heavy (non-hydrogen) atoms. The molecule has 1 aliphatic heterocycles. The molecule has 2 aromatic carbocycles. The van der Waals surface area contributed by atoms with Crippen molar-refractivity contribution in [3.63, 3.8) is 0 Å². The molecule has 7 nitrogen and oxygen atoms in total. The first-order valence-corrected chi connectivity index (χ1v) is 10.8. The summed E-state index contributed by atoms with van der Waals surface area (Å²) in [5.74, 6) is 1.99. The van der Waals surface area contributed by atoms with Crippen molar-refractivity contribution in [3.8, 4) is 17.1 Å². The fourth-order valence-corrected chi connectivity index (χ4v) is 4.92. The maximum Gasteiger partial charge on any atom is 0.243 e. The van der Waals surface area contributed by atoms with E-state index in [1.54, 1.807) is 44.5 Å². The average Bonchev–Trinajstić information content (AvgIpc) is 3.20. The van der Waals surface area contributed by atoms with Gasteiger partial charge in [0.25, 0.3) is 0 Å². The fourth-order valence-electron chi connectivity index (χ4n) is 3.50. The first-order chi connectivity index (χ1) is 14.0. The van der Waals surface area contributed by atoms with Gasteiger partial charge in [-0.3, -0.25) is 0 Å². The summed E-state index contributed by atoms with van der Waals surface area (Å²) in [7, 11) is -1.91. The zero-order chi connectivity index (χ0) is 20.4. The van der Waals surface area contributed by atoms with E-state index in [9.17, 15) is 8.42 Å². The number of anilines is 1. The summed E-state index contributed by atoms with van der Waals surface area (Å²) in [6, 6.07) is 14.5. The summed E-state index contributed by atoms with van der Waals surface area (Å²) >= 11 is 0. The summed E-state index contributed by atoms with van der Waals surface area (Å²) in [6.07, 6.45) is 1.63. The minimum atomic E-state index is -3.55. The lowest BCUT2D eigenvalue weighted by atomic mass is 10.2. The largest absolute Gasteiger partial charge is 0.495 e. The van der Waals surface area contributed by atoms with Crippen LogP contribution in [-0.4, -0.2) is 51.0 Å². The van der Waals surface area contributed by atoms with Crippen LogP contribution in [0.15, 0.2) is 64.0 Å². The van der Waals surface area contributed by atoms with Crippen molar-refractivity contribution in [1.29, 1.82) is 0 Å². The van der Waals surface area contributed by atoms with E-state index in [0.29, 0.717) is 37.8 Å². The fraction of sp³-hybridized carbons (Fsp3) is 0.286. The first-order valence-electron chi connectivity index (χ1n) is 9.40. The van der Waals surface area contributed by atoms with Gasteiger partial charge in [0, 0.05) is 38.7 Å². The number of piperazine rings is 1. The average molecular weight is 413 g/mol. The number of methoxy groups -OCH3 is 1. The Morgan fingerprint density at radius 1 is 1.00 bits per heavy atom. The van der Waals surface area contributed by atoms with Crippen molar-refractivity contribution in [3.05, 3.63) is 60.6 Å². The van der Waals surface area contributed by atoms with Gasteiger partial charge in [0.05, 0.1) is 23.9 Å². The van der Waals surface area contributed by atoms with Gasteiger partial charge in [-0.05, 0) is 36.4 Å². The van der Waals surface area contributed by atoms with Gasteiger partial charge in [-0.15, -0.1) is 0 Å². The van der Waals surface area contributed by atoms with Crippen molar-refractivity contribution >= 4 is 15.7 Å². The molecule has 0 atom stereocenters. The Labute approximate surface area is 170 Å². The van der Waals surface area contributed by atoms with E-state index < -0.39 is 10.0 Å². The minimum absolute atomic E-state index is 0.281. The number of oxazole rings is 1. The third-order valence-electron chi connectivity index (χ3n) is 5.06. The van der Waals surface area contributed by atoms with Crippen LogP contribution in [0.3, 0.4) is 0 Å². The van der Waals surface area contributed by atoms with E-state index in [0.717, 1.165) is 17.0 Å². The highest BCUT2D eigenvalue weighted by Crippen LogP contribution is 2.30. The predicted octanol–water partition coefficient (Wildman–Crippen LogP) is 3.17. The molecule has 0 bridgehead atoms. The quantitative estimate of drug-likeness (QED) is 0.640. The number of hydrogen-bond acceptors (Lipinski definition) is 6. The molecular formula is C21H23N3O4S. The molecule has 0 unspecified atom stereocenters. The van der Waals surface area contributed by atoms with E-state index in [-0.39, 0.29) is 4.90 Å². The van der Waals surface area contributed by atoms with Gasteiger partial charge in [-0.25, -0.2) is 13.4 Å². The van der Waals surface area contributed by atoms with Gasteiger partial charge in [-0.1, -0.05) is 12.1 Å². The molecular weight excluding hydrogens is 390 g/mol. The second-order valence-electron chi connectivity index (χ2n) is 6.83. The molecule has 1 aliphatic rings. The van der Waals surface area contributed by atoms with Crippen molar-refractivity contribution < 1.29 is 17.6 Å². The SMILES string of the molecule is COc1ccccc1N1CCN(S(=O)(=O)c2ccc(-c3cnc(C)o3)cc2)CC1. The van der Waals surface area contributed by atoms with Gasteiger partial charge < -0.3 is 14.1 Å². The monoisotopic (exact) mass is 413 g/mol.